The fourth-order valence-electron chi connectivity index (χ4n) is 2.10. The summed E-state index contributed by atoms with van der Waals surface area (Å²) in [5, 5.41) is 3.42. The largest absolute Gasteiger partial charge is 0.383 e. The van der Waals surface area contributed by atoms with Gasteiger partial charge in [0.25, 0.3) is 0 Å². The molecule has 0 radical (unpaired) electrons. The smallest absolute Gasteiger partial charge is 0.137 e. The standard InChI is InChI=1S/C16H30N4O/c1-8-9-17-15-13(5)16(19-14(18-15)11(2)3)20(6)12(4)10-21-7/h11-12H,8-10H2,1-7H3,(H,17,18,19). The Bertz CT molecular complexity index is 448. The second kappa shape index (κ2) is 8.17. The molecule has 1 heterocycles. The quantitative estimate of drug-likeness (QED) is 0.798. The zero-order valence-corrected chi connectivity index (χ0v) is 14.5. The van der Waals surface area contributed by atoms with Crippen molar-refractivity contribution in [2.75, 3.05) is 37.5 Å². The predicted molar refractivity (Wildman–Crippen MR) is 89.4 cm³/mol. The first-order valence-corrected chi connectivity index (χ1v) is 7.76. The third-order valence-electron chi connectivity index (χ3n) is 3.60. The van der Waals surface area contributed by atoms with Gasteiger partial charge in [-0.15, -0.1) is 0 Å². The summed E-state index contributed by atoms with van der Waals surface area (Å²) in [4.78, 5) is 11.6. The van der Waals surface area contributed by atoms with Crippen molar-refractivity contribution in [2.24, 2.45) is 0 Å². The lowest BCUT2D eigenvalue weighted by Gasteiger charge is -2.28. The normalized spacial score (nSPS) is 12.6. The Kier molecular flexibility index (Phi) is 6.89. The Hall–Kier alpha value is -1.36. The van der Waals surface area contributed by atoms with Gasteiger partial charge in [0.15, 0.2) is 0 Å². The maximum atomic E-state index is 5.26. The minimum absolute atomic E-state index is 0.266. The minimum Gasteiger partial charge on any atom is -0.383 e. The molecule has 21 heavy (non-hydrogen) atoms. The van der Waals surface area contributed by atoms with Gasteiger partial charge in [0.1, 0.15) is 17.5 Å². The van der Waals surface area contributed by atoms with Crippen LogP contribution >= 0.6 is 0 Å². The van der Waals surface area contributed by atoms with Crippen LogP contribution in [-0.2, 0) is 4.74 Å². The van der Waals surface area contributed by atoms with Crippen LogP contribution in [0.2, 0.25) is 0 Å². The molecule has 1 aromatic heterocycles. The molecule has 5 heteroatoms. The van der Waals surface area contributed by atoms with Gasteiger partial charge in [-0.25, -0.2) is 9.97 Å². The number of anilines is 2. The third-order valence-corrected chi connectivity index (χ3v) is 3.60. The molecular formula is C16H30N4O. The monoisotopic (exact) mass is 294 g/mol. The average Bonchev–Trinajstić information content (AvgIpc) is 2.45. The van der Waals surface area contributed by atoms with E-state index in [2.05, 4.69) is 56.9 Å². The van der Waals surface area contributed by atoms with Gasteiger partial charge >= 0.3 is 0 Å². The molecule has 0 aliphatic rings. The van der Waals surface area contributed by atoms with Gasteiger partial charge < -0.3 is 15.0 Å². The molecule has 0 aromatic carbocycles. The number of aromatic nitrogens is 2. The van der Waals surface area contributed by atoms with Gasteiger partial charge in [0.05, 0.1) is 12.6 Å². The summed E-state index contributed by atoms with van der Waals surface area (Å²) < 4.78 is 5.26. The fraction of sp³-hybridized carbons (Fsp3) is 0.750. The number of rotatable bonds is 8. The van der Waals surface area contributed by atoms with E-state index >= 15 is 0 Å². The summed E-state index contributed by atoms with van der Waals surface area (Å²) in [5.74, 6) is 3.11. The summed E-state index contributed by atoms with van der Waals surface area (Å²) in [6.07, 6.45) is 1.08. The van der Waals surface area contributed by atoms with Crippen molar-refractivity contribution in [2.45, 2.75) is 53.0 Å². The topological polar surface area (TPSA) is 50.3 Å². The number of nitrogens with one attached hydrogen (secondary N) is 1. The van der Waals surface area contributed by atoms with Crippen LogP contribution in [-0.4, -0.2) is 43.3 Å². The van der Waals surface area contributed by atoms with E-state index in [1.807, 2.05) is 0 Å². The molecule has 0 saturated carbocycles. The maximum absolute atomic E-state index is 5.26. The summed E-state index contributed by atoms with van der Waals surface area (Å²) in [6.45, 7) is 12.2. The number of methoxy groups -OCH3 is 1. The summed E-state index contributed by atoms with van der Waals surface area (Å²) in [6, 6.07) is 0.266. The number of hydrogen-bond donors (Lipinski definition) is 1. The molecule has 1 unspecified atom stereocenters. The maximum Gasteiger partial charge on any atom is 0.137 e. The van der Waals surface area contributed by atoms with Gasteiger partial charge in [-0.3, -0.25) is 0 Å². The van der Waals surface area contributed by atoms with E-state index in [-0.39, 0.29) is 6.04 Å². The van der Waals surface area contributed by atoms with Crippen LogP contribution < -0.4 is 10.2 Å². The number of ether oxygens (including phenoxy) is 1. The van der Waals surface area contributed by atoms with Crippen LogP contribution in [0.15, 0.2) is 0 Å². The Balaban J connectivity index is 3.19. The molecule has 0 amide bonds. The van der Waals surface area contributed by atoms with E-state index in [0.717, 1.165) is 36.0 Å². The molecule has 120 valence electrons. The zero-order chi connectivity index (χ0) is 16.0. The Morgan fingerprint density at radius 3 is 2.43 bits per heavy atom. The van der Waals surface area contributed by atoms with E-state index in [1.54, 1.807) is 7.11 Å². The highest BCUT2D eigenvalue weighted by Crippen LogP contribution is 2.26. The van der Waals surface area contributed by atoms with Crippen molar-refractivity contribution < 1.29 is 4.74 Å². The van der Waals surface area contributed by atoms with Gasteiger partial charge in [0.2, 0.25) is 0 Å². The molecular weight excluding hydrogens is 264 g/mol. The van der Waals surface area contributed by atoms with E-state index in [0.29, 0.717) is 12.5 Å². The fourth-order valence-corrected chi connectivity index (χ4v) is 2.10. The molecule has 1 atom stereocenters. The van der Waals surface area contributed by atoms with Crippen LogP contribution in [0.4, 0.5) is 11.6 Å². The second-order valence-electron chi connectivity index (χ2n) is 5.88. The average molecular weight is 294 g/mol. The SMILES string of the molecule is CCCNc1nc(C(C)C)nc(N(C)C(C)COC)c1C. The van der Waals surface area contributed by atoms with Gasteiger partial charge in [-0.2, -0.15) is 0 Å². The van der Waals surface area contributed by atoms with E-state index in [4.69, 9.17) is 9.72 Å². The predicted octanol–water partition coefficient (Wildman–Crippen LogP) is 3.20. The van der Waals surface area contributed by atoms with Gasteiger partial charge in [-0.1, -0.05) is 20.8 Å². The third kappa shape index (κ3) is 4.56. The number of hydrogen-bond acceptors (Lipinski definition) is 5. The molecule has 0 bridgehead atoms. The first-order valence-electron chi connectivity index (χ1n) is 7.76. The first-order chi connectivity index (χ1) is 9.92. The van der Waals surface area contributed by atoms with Crippen molar-refractivity contribution in [3.63, 3.8) is 0 Å². The van der Waals surface area contributed by atoms with Crippen LogP contribution in [0.5, 0.6) is 0 Å². The highest BCUT2D eigenvalue weighted by Gasteiger charge is 2.19. The molecule has 5 nitrogen and oxygen atoms in total. The molecule has 0 spiro atoms. The molecule has 1 aromatic rings. The van der Waals surface area contributed by atoms with Crippen LogP contribution in [0.1, 0.15) is 51.4 Å². The van der Waals surface area contributed by atoms with Crippen molar-refractivity contribution >= 4 is 11.6 Å². The van der Waals surface area contributed by atoms with Crippen molar-refractivity contribution in [3.05, 3.63) is 11.4 Å². The molecule has 0 fully saturated rings. The lowest BCUT2D eigenvalue weighted by Crippen LogP contribution is -2.34. The Labute approximate surface area is 129 Å². The molecule has 0 saturated heterocycles. The number of likely N-dealkylation sites (N-methyl/N-ethyl adjacent to an activating group) is 1. The molecule has 0 aliphatic carbocycles. The van der Waals surface area contributed by atoms with Crippen LogP contribution in [0, 0.1) is 6.92 Å². The highest BCUT2D eigenvalue weighted by atomic mass is 16.5. The molecule has 1 rings (SSSR count). The lowest BCUT2D eigenvalue weighted by molar-refractivity contribution is 0.183. The summed E-state index contributed by atoms with van der Waals surface area (Å²) in [5.41, 5.74) is 1.10. The van der Waals surface area contributed by atoms with Gasteiger partial charge in [-0.05, 0) is 20.3 Å². The van der Waals surface area contributed by atoms with E-state index in [9.17, 15) is 0 Å². The highest BCUT2D eigenvalue weighted by molar-refractivity contribution is 5.59. The van der Waals surface area contributed by atoms with E-state index in [1.165, 1.54) is 0 Å². The zero-order valence-electron chi connectivity index (χ0n) is 14.5. The van der Waals surface area contributed by atoms with E-state index < -0.39 is 0 Å². The summed E-state index contributed by atoms with van der Waals surface area (Å²) >= 11 is 0. The molecule has 0 aliphatic heterocycles. The van der Waals surface area contributed by atoms with Gasteiger partial charge in [0, 0.05) is 32.2 Å². The van der Waals surface area contributed by atoms with Crippen LogP contribution in [0.3, 0.4) is 0 Å². The second-order valence-corrected chi connectivity index (χ2v) is 5.88. The van der Waals surface area contributed by atoms with Crippen molar-refractivity contribution in [1.29, 1.82) is 0 Å². The molecule has 1 N–H and O–H groups in total. The minimum atomic E-state index is 0.266. The van der Waals surface area contributed by atoms with Crippen molar-refractivity contribution in [1.82, 2.24) is 9.97 Å². The van der Waals surface area contributed by atoms with Crippen LogP contribution in [0.25, 0.3) is 0 Å². The Morgan fingerprint density at radius 1 is 1.24 bits per heavy atom. The lowest BCUT2D eigenvalue weighted by atomic mass is 10.2. The first kappa shape index (κ1) is 17.7. The number of nitrogens with zero attached hydrogens (tertiary/aromatic N) is 3. The van der Waals surface area contributed by atoms with Crippen molar-refractivity contribution in [3.8, 4) is 0 Å². The Morgan fingerprint density at radius 2 is 1.90 bits per heavy atom. The summed E-state index contributed by atoms with van der Waals surface area (Å²) in [7, 11) is 3.79.